The first-order valence-electron chi connectivity index (χ1n) is 4.29. The number of halogens is 1. The summed E-state index contributed by atoms with van der Waals surface area (Å²) in [6.45, 7) is 3.87. The van der Waals surface area contributed by atoms with Gasteiger partial charge in [0.2, 0.25) is 0 Å². The van der Waals surface area contributed by atoms with Crippen LogP contribution in [0.5, 0.6) is 0 Å². The highest BCUT2D eigenvalue weighted by Gasteiger charge is 2.19. The van der Waals surface area contributed by atoms with Crippen molar-refractivity contribution >= 4 is 17.4 Å². The number of rotatable bonds is 3. The summed E-state index contributed by atoms with van der Waals surface area (Å²) < 4.78 is 1.52. The van der Waals surface area contributed by atoms with Crippen LogP contribution in [0.15, 0.2) is 6.20 Å². The van der Waals surface area contributed by atoms with Gasteiger partial charge in [-0.05, 0) is 6.42 Å². The summed E-state index contributed by atoms with van der Waals surface area (Å²) in [6.07, 6.45) is 2.32. The van der Waals surface area contributed by atoms with Gasteiger partial charge >= 0.3 is 0 Å². The third-order valence-corrected chi connectivity index (χ3v) is 2.46. The molecule has 0 amide bonds. The van der Waals surface area contributed by atoms with Crippen molar-refractivity contribution in [3.63, 3.8) is 0 Å². The first kappa shape index (κ1) is 10.3. The number of Topliss-reactive ketones (excluding diaryl/α,β-unsaturated/α-hetero) is 1. The van der Waals surface area contributed by atoms with Crippen LogP contribution in [-0.4, -0.2) is 15.6 Å². The molecule has 0 spiro atoms. The van der Waals surface area contributed by atoms with E-state index in [1.54, 1.807) is 7.05 Å². The fourth-order valence-electron chi connectivity index (χ4n) is 1.11. The maximum atomic E-state index is 11.7. The van der Waals surface area contributed by atoms with Crippen molar-refractivity contribution in [3.05, 3.63) is 16.9 Å². The fraction of sp³-hybridized carbons (Fsp3) is 0.556. The van der Waals surface area contributed by atoms with Gasteiger partial charge in [0.25, 0.3) is 0 Å². The van der Waals surface area contributed by atoms with Crippen molar-refractivity contribution in [3.8, 4) is 0 Å². The highest BCUT2D eigenvalue weighted by molar-refractivity contribution is 6.33. The van der Waals surface area contributed by atoms with E-state index in [-0.39, 0.29) is 11.7 Å². The molecule has 3 nitrogen and oxygen atoms in total. The van der Waals surface area contributed by atoms with E-state index in [0.717, 1.165) is 6.42 Å². The molecule has 72 valence electrons. The van der Waals surface area contributed by atoms with E-state index in [9.17, 15) is 4.79 Å². The Labute approximate surface area is 82.7 Å². The molecule has 1 aromatic rings. The van der Waals surface area contributed by atoms with E-state index >= 15 is 0 Å². The Bertz CT molecular complexity index is 300. The van der Waals surface area contributed by atoms with Gasteiger partial charge in [-0.15, -0.1) is 0 Å². The number of carbonyl (C=O) groups excluding carboxylic acids is 1. The van der Waals surface area contributed by atoms with Gasteiger partial charge in [0.05, 0.1) is 11.2 Å². The number of hydrogen-bond acceptors (Lipinski definition) is 2. The average Bonchev–Trinajstić information content (AvgIpc) is 2.44. The van der Waals surface area contributed by atoms with Gasteiger partial charge in [-0.3, -0.25) is 9.48 Å². The van der Waals surface area contributed by atoms with Crippen LogP contribution in [-0.2, 0) is 7.05 Å². The van der Waals surface area contributed by atoms with E-state index in [1.807, 2.05) is 13.8 Å². The van der Waals surface area contributed by atoms with Crippen LogP contribution in [0.4, 0.5) is 0 Å². The molecule has 0 N–H and O–H groups in total. The SMILES string of the molecule is CCC(C)C(=O)c1c(Cl)cnn1C. The molecule has 0 aliphatic heterocycles. The molecule has 0 aromatic carbocycles. The normalized spacial score (nSPS) is 12.9. The summed E-state index contributed by atoms with van der Waals surface area (Å²) in [4.78, 5) is 11.7. The predicted octanol–water partition coefficient (Wildman–Crippen LogP) is 2.30. The predicted molar refractivity (Wildman–Crippen MR) is 52.0 cm³/mol. The molecule has 1 aromatic heterocycles. The smallest absolute Gasteiger partial charge is 0.185 e. The maximum Gasteiger partial charge on any atom is 0.185 e. The third kappa shape index (κ3) is 1.91. The molecule has 0 fully saturated rings. The van der Waals surface area contributed by atoms with E-state index in [4.69, 9.17) is 11.6 Å². The molecule has 4 heteroatoms. The van der Waals surface area contributed by atoms with Crippen LogP contribution in [0.25, 0.3) is 0 Å². The molecule has 1 unspecified atom stereocenters. The summed E-state index contributed by atoms with van der Waals surface area (Å²) in [7, 11) is 1.72. The Balaban J connectivity index is 3.01. The zero-order chi connectivity index (χ0) is 10.0. The molecule has 1 rings (SSSR count). The molecule has 0 radical (unpaired) electrons. The second-order valence-electron chi connectivity index (χ2n) is 3.14. The molecule has 0 aliphatic rings. The minimum atomic E-state index is 0.00731. The van der Waals surface area contributed by atoms with Crippen molar-refractivity contribution in [2.24, 2.45) is 13.0 Å². The van der Waals surface area contributed by atoms with Crippen molar-refractivity contribution in [1.29, 1.82) is 0 Å². The van der Waals surface area contributed by atoms with Gasteiger partial charge in [0.1, 0.15) is 5.69 Å². The maximum absolute atomic E-state index is 11.7. The van der Waals surface area contributed by atoms with E-state index in [1.165, 1.54) is 10.9 Å². The highest BCUT2D eigenvalue weighted by Crippen LogP contribution is 2.19. The lowest BCUT2D eigenvalue weighted by Gasteiger charge is -2.07. The largest absolute Gasteiger partial charge is 0.292 e. The molecule has 0 saturated carbocycles. The molecular weight excluding hydrogens is 188 g/mol. The van der Waals surface area contributed by atoms with Crippen LogP contribution in [0.1, 0.15) is 30.8 Å². The van der Waals surface area contributed by atoms with Crippen LogP contribution in [0.3, 0.4) is 0 Å². The van der Waals surface area contributed by atoms with Crippen LogP contribution in [0.2, 0.25) is 5.02 Å². The van der Waals surface area contributed by atoms with Gasteiger partial charge in [-0.1, -0.05) is 25.4 Å². The molecule has 0 bridgehead atoms. The number of ketones is 1. The second kappa shape index (κ2) is 3.92. The van der Waals surface area contributed by atoms with Crippen molar-refractivity contribution < 1.29 is 4.79 Å². The zero-order valence-corrected chi connectivity index (χ0v) is 8.80. The summed E-state index contributed by atoms with van der Waals surface area (Å²) >= 11 is 5.84. The lowest BCUT2D eigenvalue weighted by atomic mass is 10.0. The van der Waals surface area contributed by atoms with E-state index in [2.05, 4.69) is 5.10 Å². The highest BCUT2D eigenvalue weighted by atomic mass is 35.5. The van der Waals surface area contributed by atoms with E-state index in [0.29, 0.717) is 10.7 Å². The topological polar surface area (TPSA) is 34.9 Å². The summed E-state index contributed by atoms with van der Waals surface area (Å²) in [5, 5.41) is 4.36. The second-order valence-corrected chi connectivity index (χ2v) is 3.55. The monoisotopic (exact) mass is 200 g/mol. The zero-order valence-electron chi connectivity index (χ0n) is 8.04. The molecule has 1 atom stereocenters. The van der Waals surface area contributed by atoms with Gasteiger partial charge in [-0.25, -0.2) is 0 Å². The summed E-state index contributed by atoms with van der Waals surface area (Å²) in [6, 6.07) is 0. The Morgan fingerprint density at radius 2 is 2.38 bits per heavy atom. The van der Waals surface area contributed by atoms with Gasteiger partial charge in [-0.2, -0.15) is 5.10 Å². The summed E-state index contributed by atoms with van der Waals surface area (Å²) in [5.41, 5.74) is 0.510. The standard InChI is InChI=1S/C9H13ClN2O/c1-4-6(2)9(13)8-7(10)5-11-12(8)3/h5-6H,4H2,1-3H3. The van der Waals surface area contributed by atoms with Crippen LogP contribution < -0.4 is 0 Å². The number of aryl methyl sites for hydroxylation is 1. The number of hydrogen-bond donors (Lipinski definition) is 0. The number of nitrogens with zero attached hydrogens (tertiary/aromatic N) is 2. The number of aromatic nitrogens is 2. The fourth-order valence-corrected chi connectivity index (χ4v) is 1.37. The van der Waals surface area contributed by atoms with Crippen LogP contribution in [0, 0.1) is 5.92 Å². The van der Waals surface area contributed by atoms with E-state index < -0.39 is 0 Å². The lowest BCUT2D eigenvalue weighted by molar-refractivity contribution is 0.0918. The minimum absolute atomic E-state index is 0.00731. The Hall–Kier alpha value is -0.830. The Morgan fingerprint density at radius 1 is 1.77 bits per heavy atom. The van der Waals surface area contributed by atoms with Gasteiger partial charge in [0, 0.05) is 13.0 Å². The number of carbonyl (C=O) groups is 1. The van der Waals surface area contributed by atoms with Gasteiger partial charge < -0.3 is 0 Å². The Kier molecular flexibility index (Phi) is 3.09. The third-order valence-electron chi connectivity index (χ3n) is 2.19. The van der Waals surface area contributed by atoms with Crippen molar-refractivity contribution in [1.82, 2.24) is 9.78 Å². The quantitative estimate of drug-likeness (QED) is 0.702. The molecule has 13 heavy (non-hydrogen) atoms. The molecule has 0 saturated heterocycles. The lowest BCUT2D eigenvalue weighted by Crippen LogP contribution is -2.15. The first-order valence-corrected chi connectivity index (χ1v) is 4.67. The molecule has 1 heterocycles. The summed E-state index contributed by atoms with van der Waals surface area (Å²) in [5.74, 6) is 0.0698. The molecular formula is C9H13ClN2O. The van der Waals surface area contributed by atoms with Gasteiger partial charge in [0.15, 0.2) is 5.78 Å². The van der Waals surface area contributed by atoms with Crippen LogP contribution >= 0.6 is 11.6 Å². The average molecular weight is 201 g/mol. The molecule has 0 aliphatic carbocycles. The van der Waals surface area contributed by atoms with Crippen molar-refractivity contribution in [2.75, 3.05) is 0 Å². The minimum Gasteiger partial charge on any atom is -0.292 e. The Morgan fingerprint density at radius 3 is 2.77 bits per heavy atom. The van der Waals surface area contributed by atoms with Crippen molar-refractivity contribution in [2.45, 2.75) is 20.3 Å². The first-order chi connectivity index (χ1) is 6.07.